The minimum absolute atomic E-state index is 0.697. The van der Waals surface area contributed by atoms with Crippen molar-refractivity contribution in [3.05, 3.63) is 18.2 Å². The first kappa shape index (κ1) is 24.5. The molecule has 10 N–H and O–H groups in total. The van der Waals surface area contributed by atoms with Crippen LogP contribution in [0.4, 0.5) is 11.6 Å². The van der Waals surface area contributed by atoms with Gasteiger partial charge in [-0.25, -0.2) is 4.98 Å². The highest BCUT2D eigenvalue weighted by molar-refractivity contribution is 5.45. The first-order valence-corrected chi connectivity index (χ1v) is 10.5. The van der Waals surface area contributed by atoms with Gasteiger partial charge in [0.05, 0.1) is 0 Å². The molecule has 0 unspecified atom stereocenters. The van der Waals surface area contributed by atoms with Gasteiger partial charge < -0.3 is 43.4 Å². The number of nitrogens with zero attached hydrogens (tertiary/aromatic N) is 1. The van der Waals surface area contributed by atoms with Crippen molar-refractivity contribution in [3.63, 3.8) is 0 Å². The molecule has 0 aliphatic heterocycles. The lowest BCUT2D eigenvalue weighted by molar-refractivity contribution is 0.604. The molecule has 28 heavy (non-hydrogen) atoms. The lowest BCUT2D eigenvalue weighted by Gasteiger charge is -2.10. The van der Waals surface area contributed by atoms with Crippen LogP contribution in [0.1, 0.15) is 12.8 Å². The summed E-state index contributed by atoms with van der Waals surface area (Å²) in [7, 11) is 0. The van der Waals surface area contributed by atoms with Gasteiger partial charge in [0, 0.05) is 52.4 Å². The van der Waals surface area contributed by atoms with E-state index in [1.807, 2.05) is 18.2 Å². The second-order valence-corrected chi connectivity index (χ2v) is 6.55. The first-order chi connectivity index (χ1) is 13.9. The van der Waals surface area contributed by atoms with Gasteiger partial charge in [-0.1, -0.05) is 6.07 Å². The molecule has 0 aromatic carbocycles. The number of pyridine rings is 1. The maximum absolute atomic E-state index is 5.43. The van der Waals surface area contributed by atoms with Gasteiger partial charge >= 0.3 is 0 Å². The third kappa shape index (κ3) is 14.6. The third-order valence-corrected chi connectivity index (χ3v) is 4.02. The molecule has 0 saturated heterocycles. The Morgan fingerprint density at radius 1 is 0.571 bits per heavy atom. The van der Waals surface area contributed by atoms with E-state index in [1.54, 1.807) is 0 Å². The van der Waals surface area contributed by atoms with E-state index in [-0.39, 0.29) is 0 Å². The monoisotopic (exact) mass is 395 g/mol. The molecule has 1 aromatic heterocycles. The van der Waals surface area contributed by atoms with Crippen LogP contribution in [0.15, 0.2) is 18.2 Å². The maximum Gasteiger partial charge on any atom is 0.128 e. The van der Waals surface area contributed by atoms with Crippen LogP contribution in [0.3, 0.4) is 0 Å². The van der Waals surface area contributed by atoms with Gasteiger partial charge in [0.25, 0.3) is 0 Å². The summed E-state index contributed by atoms with van der Waals surface area (Å²) in [5.41, 5.74) is 10.9. The fourth-order valence-electron chi connectivity index (χ4n) is 2.57. The predicted molar refractivity (Wildman–Crippen MR) is 120 cm³/mol. The summed E-state index contributed by atoms with van der Waals surface area (Å²) in [6.07, 6.45) is 2.21. The van der Waals surface area contributed by atoms with Crippen LogP contribution in [0.25, 0.3) is 0 Å². The molecule has 0 radical (unpaired) electrons. The van der Waals surface area contributed by atoms with E-state index in [1.165, 1.54) is 0 Å². The maximum atomic E-state index is 5.43. The van der Waals surface area contributed by atoms with Crippen molar-refractivity contribution in [3.8, 4) is 0 Å². The summed E-state index contributed by atoms with van der Waals surface area (Å²) in [5.74, 6) is 1.80. The van der Waals surface area contributed by atoms with Gasteiger partial charge in [-0.15, -0.1) is 0 Å². The number of anilines is 2. The van der Waals surface area contributed by atoms with Crippen molar-refractivity contribution < 1.29 is 0 Å². The third-order valence-electron chi connectivity index (χ3n) is 4.02. The summed E-state index contributed by atoms with van der Waals surface area (Å²) < 4.78 is 0. The summed E-state index contributed by atoms with van der Waals surface area (Å²) in [6.45, 7) is 10.7. The Morgan fingerprint density at radius 3 is 1.43 bits per heavy atom. The summed E-state index contributed by atoms with van der Waals surface area (Å²) in [4.78, 5) is 4.59. The Labute approximate surface area is 170 Å². The fraction of sp³-hybridized carbons (Fsp3) is 0.737. The molecule has 0 aliphatic rings. The molecule has 0 aliphatic carbocycles. The standard InChI is InChI=1S/C19H41N9/c20-6-12-22-8-2-10-24-14-16-26-18-4-1-5-19(28-18)27-17-15-25-11-3-9-23-13-7-21/h1,4-5,22-25H,2-3,6-17,20-21H2,(H2,26,27,28). The number of rotatable bonds is 20. The Kier molecular flexibility index (Phi) is 16.5. The van der Waals surface area contributed by atoms with Crippen LogP contribution in [0.2, 0.25) is 0 Å². The topological polar surface area (TPSA) is 137 Å². The second-order valence-electron chi connectivity index (χ2n) is 6.55. The Morgan fingerprint density at radius 2 is 1.00 bits per heavy atom. The molecule has 0 spiro atoms. The van der Waals surface area contributed by atoms with E-state index in [2.05, 4.69) is 36.9 Å². The summed E-state index contributed by atoms with van der Waals surface area (Å²) >= 11 is 0. The zero-order chi connectivity index (χ0) is 20.1. The van der Waals surface area contributed by atoms with Crippen LogP contribution in [-0.4, -0.2) is 83.5 Å². The first-order valence-electron chi connectivity index (χ1n) is 10.5. The SMILES string of the molecule is NCCNCCCNCCNc1cccc(NCCNCCCNCCN)n1. The van der Waals surface area contributed by atoms with Crippen LogP contribution in [0, 0.1) is 0 Å². The van der Waals surface area contributed by atoms with E-state index < -0.39 is 0 Å². The average molecular weight is 396 g/mol. The summed E-state index contributed by atoms with van der Waals surface area (Å²) in [6, 6.07) is 6.01. The molecule has 0 atom stereocenters. The van der Waals surface area contributed by atoms with Crippen molar-refractivity contribution >= 4 is 11.6 Å². The van der Waals surface area contributed by atoms with Gasteiger partial charge in [-0.2, -0.15) is 0 Å². The van der Waals surface area contributed by atoms with Crippen LogP contribution in [0.5, 0.6) is 0 Å². The molecule has 162 valence electrons. The van der Waals surface area contributed by atoms with Crippen LogP contribution in [-0.2, 0) is 0 Å². The minimum atomic E-state index is 0.697. The number of hydrogen-bond acceptors (Lipinski definition) is 9. The Bertz CT molecular complexity index is 422. The molecule has 9 nitrogen and oxygen atoms in total. The lowest BCUT2D eigenvalue weighted by atomic mass is 10.4. The van der Waals surface area contributed by atoms with Crippen molar-refractivity contribution in [2.24, 2.45) is 11.5 Å². The van der Waals surface area contributed by atoms with Gasteiger partial charge in [-0.05, 0) is 51.2 Å². The van der Waals surface area contributed by atoms with Crippen molar-refractivity contribution in [2.75, 3.05) is 89.2 Å². The molecule has 0 bridgehead atoms. The number of nitrogens with one attached hydrogen (secondary N) is 6. The van der Waals surface area contributed by atoms with Crippen molar-refractivity contribution in [1.29, 1.82) is 0 Å². The Balaban J connectivity index is 2.00. The van der Waals surface area contributed by atoms with Gasteiger partial charge in [0.1, 0.15) is 11.6 Å². The quantitative estimate of drug-likeness (QED) is 0.130. The molecular formula is C19H41N9. The van der Waals surface area contributed by atoms with Crippen LogP contribution < -0.4 is 43.4 Å². The second kappa shape index (κ2) is 18.9. The predicted octanol–water partition coefficient (Wildman–Crippen LogP) is -1.04. The largest absolute Gasteiger partial charge is 0.369 e. The normalized spacial score (nSPS) is 10.9. The van der Waals surface area contributed by atoms with E-state index >= 15 is 0 Å². The van der Waals surface area contributed by atoms with Gasteiger partial charge in [0.2, 0.25) is 0 Å². The molecule has 1 aromatic rings. The number of nitrogens with two attached hydrogens (primary N) is 2. The highest BCUT2D eigenvalue weighted by Gasteiger charge is 1.97. The average Bonchev–Trinajstić information content (AvgIpc) is 2.72. The van der Waals surface area contributed by atoms with E-state index in [4.69, 9.17) is 11.5 Å². The molecular weight excluding hydrogens is 354 g/mol. The zero-order valence-electron chi connectivity index (χ0n) is 17.2. The molecule has 0 fully saturated rings. The van der Waals surface area contributed by atoms with E-state index in [0.717, 1.165) is 89.9 Å². The van der Waals surface area contributed by atoms with Gasteiger partial charge in [0.15, 0.2) is 0 Å². The molecule has 0 saturated carbocycles. The lowest BCUT2D eigenvalue weighted by Crippen LogP contribution is -2.28. The van der Waals surface area contributed by atoms with E-state index in [9.17, 15) is 0 Å². The molecule has 1 heterocycles. The highest BCUT2D eigenvalue weighted by atomic mass is 15.1. The Hall–Kier alpha value is -1.49. The molecule has 9 heteroatoms. The summed E-state index contributed by atoms with van der Waals surface area (Å²) in [5, 5.41) is 20.1. The highest BCUT2D eigenvalue weighted by Crippen LogP contribution is 2.08. The van der Waals surface area contributed by atoms with Gasteiger partial charge in [-0.3, -0.25) is 0 Å². The zero-order valence-corrected chi connectivity index (χ0v) is 17.2. The smallest absolute Gasteiger partial charge is 0.128 e. The van der Waals surface area contributed by atoms with Crippen molar-refractivity contribution in [2.45, 2.75) is 12.8 Å². The van der Waals surface area contributed by atoms with Crippen LogP contribution >= 0.6 is 0 Å². The van der Waals surface area contributed by atoms with E-state index in [0.29, 0.717) is 13.1 Å². The minimum Gasteiger partial charge on any atom is -0.369 e. The fourth-order valence-corrected chi connectivity index (χ4v) is 2.57. The number of hydrogen-bond donors (Lipinski definition) is 8. The van der Waals surface area contributed by atoms with Crippen molar-refractivity contribution in [1.82, 2.24) is 26.3 Å². The molecule has 0 amide bonds. The molecule has 1 rings (SSSR count). The number of aromatic nitrogens is 1.